The van der Waals surface area contributed by atoms with Crippen LogP contribution in [0.1, 0.15) is 12.5 Å². The van der Waals surface area contributed by atoms with Crippen molar-refractivity contribution in [3.63, 3.8) is 0 Å². The minimum absolute atomic E-state index is 0.373. The van der Waals surface area contributed by atoms with Crippen LogP contribution in [0, 0.1) is 12.3 Å². The molecular weight excluding hydrogens is 182 g/mol. The summed E-state index contributed by atoms with van der Waals surface area (Å²) in [7, 11) is 0. The zero-order valence-electron chi connectivity index (χ0n) is 8.85. The fraction of sp³-hybridized carbons (Fsp3) is 0.143. The third-order valence-corrected chi connectivity index (χ3v) is 2.51. The Labute approximate surface area is 90.5 Å². The van der Waals surface area contributed by atoms with E-state index >= 15 is 0 Å². The number of hydrogen-bond donors (Lipinski definition) is 0. The molecule has 1 aromatic heterocycles. The highest BCUT2D eigenvalue weighted by atomic mass is 14.6. The van der Waals surface area contributed by atoms with Gasteiger partial charge in [0.1, 0.15) is 0 Å². The quantitative estimate of drug-likeness (QED) is 0.683. The number of nitrogens with zero attached hydrogens (tertiary/aromatic N) is 1. The molecule has 0 fully saturated rings. The van der Waals surface area contributed by atoms with Crippen molar-refractivity contribution in [3.05, 3.63) is 61.3 Å². The van der Waals surface area contributed by atoms with Gasteiger partial charge in [0, 0.05) is 17.8 Å². The maximum atomic E-state index is 4.23. The molecule has 1 heteroatoms. The van der Waals surface area contributed by atoms with E-state index < -0.39 is 0 Å². The molecule has 0 saturated heterocycles. The summed E-state index contributed by atoms with van der Waals surface area (Å²) in [5.41, 5.74) is 1.18. The van der Waals surface area contributed by atoms with Crippen LogP contribution in [-0.2, 0) is 0 Å². The van der Waals surface area contributed by atoms with E-state index in [-0.39, 0.29) is 0 Å². The van der Waals surface area contributed by atoms with Crippen LogP contribution in [0.15, 0.2) is 49.3 Å². The lowest BCUT2D eigenvalue weighted by molar-refractivity contribution is 0.877. The summed E-state index contributed by atoms with van der Waals surface area (Å²) in [5, 5.41) is 2.43. The fourth-order valence-electron chi connectivity index (χ4n) is 1.62. The average Bonchev–Trinajstić information content (AvgIpc) is 2.29. The normalized spacial score (nSPS) is 12.6. The molecule has 15 heavy (non-hydrogen) atoms. The van der Waals surface area contributed by atoms with Crippen LogP contribution in [0.4, 0.5) is 0 Å². The Morgan fingerprint density at radius 3 is 2.87 bits per heavy atom. The Morgan fingerprint density at radius 2 is 2.07 bits per heavy atom. The van der Waals surface area contributed by atoms with E-state index in [9.17, 15) is 0 Å². The molecular formula is C14H14N. The van der Waals surface area contributed by atoms with E-state index in [1.165, 1.54) is 16.3 Å². The molecule has 1 aromatic carbocycles. The average molecular weight is 196 g/mol. The van der Waals surface area contributed by atoms with Crippen LogP contribution in [0.2, 0.25) is 0 Å². The molecule has 1 nitrogen and oxygen atoms in total. The van der Waals surface area contributed by atoms with Crippen molar-refractivity contribution < 1.29 is 0 Å². The zero-order valence-corrected chi connectivity index (χ0v) is 8.85. The third kappa shape index (κ3) is 2.07. The van der Waals surface area contributed by atoms with Crippen molar-refractivity contribution in [1.82, 2.24) is 4.98 Å². The summed E-state index contributed by atoms with van der Waals surface area (Å²) < 4.78 is 0. The van der Waals surface area contributed by atoms with Gasteiger partial charge in [0.25, 0.3) is 0 Å². The van der Waals surface area contributed by atoms with Gasteiger partial charge in [-0.15, -0.1) is 6.58 Å². The number of benzene rings is 1. The molecule has 1 radical (unpaired) electrons. The molecule has 1 heterocycles. The number of aromatic nitrogens is 1. The molecule has 0 aliphatic rings. The zero-order chi connectivity index (χ0) is 10.7. The number of rotatable bonds is 3. The van der Waals surface area contributed by atoms with Crippen LogP contribution >= 0.6 is 0 Å². The smallest absolute Gasteiger partial charge is 0.0346 e. The summed E-state index contributed by atoms with van der Waals surface area (Å²) in [5.74, 6) is 0.373. The number of fused-ring (bicyclic) bond motifs is 1. The number of hydrogen-bond acceptors (Lipinski definition) is 1. The summed E-state index contributed by atoms with van der Waals surface area (Å²) in [4.78, 5) is 4.23. The molecule has 0 spiro atoms. The Morgan fingerprint density at radius 1 is 1.27 bits per heavy atom. The Balaban J connectivity index is 2.46. The summed E-state index contributed by atoms with van der Waals surface area (Å²) in [6.45, 7) is 5.90. The Kier molecular flexibility index (Phi) is 2.82. The van der Waals surface area contributed by atoms with Gasteiger partial charge in [-0.1, -0.05) is 37.3 Å². The van der Waals surface area contributed by atoms with Crippen molar-refractivity contribution in [2.75, 3.05) is 0 Å². The predicted octanol–water partition coefficient (Wildman–Crippen LogP) is 3.61. The second-order valence-corrected chi connectivity index (χ2v) is 3.71. The molecule has 1 unspecified atom stereocenters. The van der Waals surface area contributed by atoms with E-state index in [0.29, 0.717) is 5.92 Å². The molecule has 2 aromatic rings. The van der Waals surface area contributed by atoms with E-state index in [1.807, 2.05) is 24.5 Å². The fourth-order valence-corrected chi connectivity index (χ4v) is 1.62. The van der Waals surface area contributed by atoms with Gasteiger partial charge < -0.3 is 0 Å². The highest BCUT2D eigenvalue weighted by molar-refractivity contribution is 5.85. The molecule has 0 bridgehead atoms. The first-order valence-corrected chi connectivity index (χ1v) is 5.11. The molecule has 2 rings (SSSR count). The van der Waals surface area contributed by atoms with Crippen LogP contribution < -0.4 is 0 Å². The van der Waals surface area contributed by atoms with Crippen molar-refractivity contribution in [2.24, 2.45) is 5.92 Å². The summed E-state index contributed by atoms with van der Waals surface area (Å²) in [6.07, 6.45) is 7.91. The highest BCUT2D eigenvalue weighted by Crippen LogP contribution is 2.21. The van der Waals surface area contributed by atoms with Gasteiger partial charge in [-0.05, 0) is 23.3 Å². The first-order valence-electron chi connectivity index (χ1n) is 5.11. The second kappa shape index (κ2) is 4.26. The van der Waals surface area contributed by atoms with E-state index in [2.05, 4.69) is 43.1 Å². The summed E-state index contributed by atoms with van der Waals surface area (Å²) in [6, 6.07) is 8.29. The standard InChI is InChI=1S/C14H14N/c1-3-11(2)8-13-10-15-9-12-6-4-5-7-14(12)13/h3-11H,1H2,2H3. The van der Waals surface area contributed by atoms with Gasteiger partial charge in [-0.25, -0.2) is 0 Å². The lowest BCUT2D eigenvalue weighted by Gasteiger charge is -2.08. The Hall–Kier alpha value is -1.63. The molecule has 1 atom stereocenters. The topological polar surface area (TPSA) is 12.9 Å². The van der Waals surface area contributed by atoms with Gasteiger partial charge in [-0.3, -0.25) is 4.98 Å². The maximum absolute atomic E-state index is 4.23. The largest absolute Gasteiger partial charge is 0.264 e. The van der Waals surface area contributed by atoms with E-state index in [4.69, 9.17) is 0 Å². The first-order chi connectivity index (χ1) is 7.31. The SMILES string of the molecule is C=CC(C)[CH]c1cncc2ccccc12. The molecule has 0 aliphatic carbocycles. The lowest BCUT2D eigenvalue weighted by Crippen LogP contribution is -1.94. The van der Waals surface area contributed by atoms with Crippen LogP contribution in [0.25, 0.3) is 10.8 Å². The predicted molar refractivity (Wildman–Crippen MR) is 64.5 cm³/mol. The van der Waals surface area contributed by atoms with Crippen LogP contribution in [-0.4, -0.2) is 4.98 Å². The second-order valence-electron chi connectivity index (χ2n) is 3.71. The molecule has 0 amide bonds. The monoisotopic (exact) mass is 196 g/mol. The van der Waals surface area contributed by atoms with E-state index in [1.54, 1.807) is 0 Å². The minimum Gasteiger partial charge on any atom is -0.264 e. The summed E-state index contributed by atoms with van der Waals surface area (Å²) >= 11 is 0. The van der Waals surface area contributed by atoms with Crippen molar-refractivity contribution in [2.45, 2.75) is 6.92 Å². The Bertz CT molecular complexity index is 468. The minimum atomic E-state index is 0.373. The first kappa shape index (κ1) is 9.91. The lowest BCUT2D eigenvalue weighted by atomic mass is 9.98. The molecule has 75 valence electrons. The molecule has 0 saturated carbocycles. The van der Waals surface area contributed by atoms with Gasteiger partial charge >= 0.3 is 0 Å². The van der Waals surface area contributed by atoms with Crippen LogP contribution in [0.5, 0.6) is 0 Å². The number of pyridine rings is 1. The van der Waals surface area contributed by atoms with Crippen molar-refractivity contribution >= 4 is 10.8 Å². The maximum Gasteiger partial charge on any atom is 0.0346 e. The van der Waals surface area contributed by atoms with Gasteiger partial charge in [0.05, 0.1) is 0 Å². The highest BCUT2D eigenvalue weighted by Gasteiger charge is 2.04. The van der Waals surface area contributed by atoms with Crippen molar-refractivity contribution in [1.29, 1.82) is 0 Å². The van der Waals surface area contributed by atoms with E-state index in [0.717, 1.165) is 0 Å². The van der Waals surface area contributed by atoms with Gasteiger partial charge in [0.2, 0.25) is 0 Å². The van der Waals surface area contributed by atoms with Gasteiger partial charge in [-0.2, -0.15) is 0 Å². The van der Waals surface area contributed by atoms with Crippen LogP contribution in [0.3, 0.4) is 0 Å². The molecule has 0 aliphatic heterocycles. The van der Waals surface area contributed by atoms with Crippen molar-refractivity contribution in [3.8, 4) is 0 Å². The van der Waals surface area contributed by atoms with Gasteiger partial charge in [0.15, 0.2) is 0 Å². The molecule has 0 N–H and O–H groups in total. The third-order valence-electron chi connectivity index (χ3n) is 2.51. The number of allylic oxidation sites excluding steroid dienone is 1.